The summed E-state index contributed by atoms with van der Waals surface area (Å²) in [6.07, 6.45) is -0.599. The van der Waals surface area contributed by atoms with Crippen molar-refractivity contribution in [3.05, 3.63) is 94.8 Å². The van der Waals surface area contributed by atoms with Crippen molar-refractivity contribution >= 4 is 40.8 Å². The molecule has 3 aromatic carbocycles. The van der Waals surface area contributed by atoms with Gasteiger partial charge in [0.2, 0.25) is 0 Å². The molecule has 176 valence electrons. The quantitative estimate of drug-likeness (QED) is 0.530. The molecule has 2 aliphatic rings. The molecule has 0 aromatic heterocycles. The molecule has 9 heteroatoms. The van der Waals surface area contributed by atoms with Gasteiger partial charge in [-0.1, -0.05) is 54.1 Å². The Kier molecular flexibility index (Phi) is 6.05. The van der Waals surface area contributed by atoms with Crippen LogP contribution in [0, 0.1) is 5.82 Å². The number of urea groups is 1. The summed E-state index contributed by atoms with van der Waals surface area (Å²) in [6, 6.07) is 19.4. The van der Waals surface area contributed by atoms with Gasteiger partial charge in [0.15, 0.2) is 12.3 Å². The van der Waals surface area contributed by atoms with Crippen molar-refractivity contribution in [3.8, 4) is 5.75 Å². The van der Waals surface area contributed by atoms with E-state index in [1.54, 1.807) is 24.3 Å². The van der Waals surface area contributed by atoms with Crippen molar-refractivity contribution in [3.63, 3.8) is 0 Å². The highest BCUT2D eigenvalue weighted by molar-refractivity contribution is 6.33. The summed E-state index contributed by atoms with van der Waals surface area (Å²) >= 11 is 6.07. The number of halogens is 2. The second-order valence-electron chi connectivity index (χ2n) is 8.15. The lowest BCUT2D eigenvalue weighted by Gasteiger charge is -2.24. The fourth-order valence-electron chi connectivity index (χ4n) is 4.21. The maximum atomic E-state index is 13.6. The van der Waals surface area contributed by atoms with Crippen molar-refractivity contribution in [1.82, 2.24) is 4.90 Å². The van der Waals surface area contributed by atoms with Crippen molar-refractivity contribution in [2.24, 2.45) is 0 Å². The topological polar surface area (TPSA) is 78.7 Å². The van der Waals surface area contributed by atoms with Crippen LogP contribution in [0.4, 0.5) is 14.9 Å². The number of amides is 4. The van der Waals surface area contributed by atoms with Gasteiger partial charge in [0.25, 0.3) is 12.0 Å². The third-order valence-electron chi connectivity index (χ3n) is 5.87. The first-order valence-corrected chi connectivity index (χ1v) is 11.3. The molecule has 3 aromatic rings. The van der Waals surface area contributed by atoms with Crippen LogP contribution < -0.4 is 10.1 Å². The van der Waals surface area contributed by atoms with Gasteiger partial charge >= 0.3 is 11.9 Å². The maximum absolute atomic E-state index is 13.6. The van der Waals surface area contributed by atoms with Gasteiger partial charge in [-0.25, -0.2) is 9.18 Å². The van der Waals surface area contributed by atoms with Crippen molar-refractivity contribution in [1.29, 1.82) is 0 Å². The zero-order valence-corrected chi connectivity index (χ0v) is 19.2. The molecular formula is C26H20ClFN3O4+. The van der Waals surface area contributed by atoms with E-state index in [1.807, 2.05) is 30.3 Å². The van der Waals surface area contributed by atoms with Gasteiger partial charge in [0, 0.05) is 6.42 Å². The number of hydrogen-bond donors (Lipinski definition) is 1. The fourth-order valence-corrected chi connectivity index (χ4v) is 4.38. The molecular weight excluding hydrogens is 473 g/mol. The molecule has 0 bridgehead atoms. The minimum absolute atomic E-state index is 0.0859. The number of ether oxygens (including phenoxy) is 1. The summed E-state index contributed by atoms with van der Waals surface area (Å²) in [4.78, 5) is 40.8. The standard InChI is InChI=1S/C26H19ClFN3O4/c27-19-11-10-17(28)14-20(19)29-22(32)15-31-23-18-8-4-5-9-21(18)35-24(23)25(33)30(26(31)34)13-12-16-6-2-1-3-7-16/h1-11,14,24H,12-13,15H2/p+1. The fraction of sp³-hybridized carbons (Fsp3) is 0.154. The number of para-hydroxylation sites is 1. The van der Waals surface area contributed by atoms with Crippen LogP contribution in [0.2, 0.25) is 5.02 Å². The Morgan fingerprint density at radius 2 is 1.80 bits per heavy atom. The number of rotatable bonds is 6. The molecule has 1 unspecified atom stereocenters. The second-order valence-corrected chi connectivity index (χ2v) is 8.55. The van der Waals surface area contributed by atoms with E-state index < -0.39 is 36.3 Å². The van der Waals surface area contributed by atoms with E-state index in [9.17, 15) is 18.8 Å². The van der Waals surface area contributed by atoms with E-state index in [2.05, 4.69) is 5.32 Å². The lowest BCUT2D eigenvalue weighted by molar-refractivity contribution is -0.428. The number of anilines is 1. The Morgan fingerprint density at radius 3 is 2.60 bits per heavy atom. The molecule has 2 heterocycles. The largest absolute Gasteiger partial charge is 0.501 e. The normalized spacial score (nSPS) is 16.6. The van der Waals surface area contributed by atoms with E-state index in [0.717, 1.165) is 16.5 Å². The molecule has 0 saturated carbocycles. The predicted octanol–water partition coefficient (Wildman–Crippen LogP) is 3.89. The Labute approximate surface area is 205 Å². The number of fused-ring (bicyclic) bond motifs is 3. The summed E-state index contributed by atoms with van der Waals surface area (Å²) in [5, 5.41) is 2.70. The minimum atomic E-state index is -1.05. The maximum Gasteiger partial charge on any atom is 0.501 e. The predicted molar refractivity (Wildman–Crippen MR) is 127 cm³/mol. The molecule has 35 heavy (non-hydrogen) atoms. The number of imide groups is 1. The number of nitrogens with one attached hydrogen (secondary N) is 1. The van der Waals surface area contributed by atoms with E-state index in [0.29, 0.717) is 23.4 Å². The van der Waals surface area contributed by atoms with Gasteiger partial charge in [-0.3, -0.25) is 4.79 Å². The lowest BCUT2D eigenvalue weighted by atomic mass is 10.0. The van der Waals surface area contributed by atoms with Crippen LogP contribution in [0.1, 0.15) is 11.1 Å². The zero-order chi connectivity index (χ0) is 24.5. The van der Waals surface area contributed by atoms with Gasteiger partial charge in [-0.15, -0.1) is 0 Å². The first-order valence-electron chi connectivity index (χ1n) is 11.0. The summed E-state index contributed by atoms with van der Waals surface area (Å²) in [5.41, 5.74) is 1.93. The first kappa shape index (κ1) is 22.7. The summed E-state index contributed by atoms with van der Waals surface area (Å²) < 4.78 is 20.8. The van der Waals surface area contributed by atoms with Crippen LogP contribution in [-0.4, -0.2) is 52.2 Å². The third-order valence-corrected chi connectivity index (χ3v) is 6.20. The van der Waals surface area contributed by atoms with Gasteiger partial charge in [0.05, 0.1) is 16.3 Å². The molecule has 4 amide bonds. The number of carbonyl (C=O) groups is 3. The van der Waals surface area contributed by atoms with Gasteiger partial charge in [-0.2, -0.15) is 14.3 Å². The van der Waals surface area contributed by atoms with Gasteiger partial charge in [0.1, 0.15) is 18.1 Å². The molecule has 0 spiro atoms. The van der Waals surface area contributed by atoms with Crippen molar-refractivity contribution in [2.45, 2.75) is 12.5 Å². The Bertz CT molecular complexity index is 1380. The second kappa shape index (κ2) is 9.31. The van der Waals surface area contributed by atoms with Gasteiger partial charge in [-0.05, 0) is 35.9 Å². The lowest BCUT2D eigenvalue weighted by Crippen LogP contribution is -2.59. The van der Waals surface area contributed by atoms with Crippen LogP contribution in [0.3, 0.4) is 0 Å². The molecule has 5 rings (SSSR count). The van der Waals surface area contributed by atoms with E-state index >= 15 is 0 Å². The van der Waals surface area contributed by atoms with Crippen LogP contribution >= 0.6 is 11.6 Å². The zero-order valence-electron chi connectivity index (χ0n) is 18.4. The molecule has 1 N–H and O–H groups in total. The van der Waals surface area contributed by atoms with Crippen LogP contribution in [-0.2, 0) is 16.0 Å². The van der Waals surface area contributed by atoms with E-state index in [4.69, 9.17) is 16.3 Å². The monoisotopic (exact) mass is 492 g/mol. The van der Waals surface area contributed by atoms with Crippen LogP contribution in [0.15, 0.2) is 72.8 Å². The highest BCUT2D eigenvalue weighted by atomic mass is 35.5. The van der Waals surface area contributed by atoms with Crippen molar-refractivity contribution < 1.29 is 28.1 Å². The van der Waals surface area contributed by atoms with Gasteiger partial charge < -0.3 is 10.1 Å². The number of benzene rings is 3. The Balaban J connectivity index is 1.47. The van der Waals surface area contributed by atoms with E-state index in [1.165, 1.54) is 16.7 Å². The molecule has 2 aliphatic heterocycles. The molecule has 7 nitrogen and oxygen atoms in total. The average Bonchev–Trinajstić information content (AvgIpc) is 3.24. The third kappa shape index (κ3) is 4.40. The smallest absolute Gasteiger partial charge is 0.469 e. The molecule has 0 radical (unpaired) electrons. The molecule has 0 fully saturated rings. The molecule has 1 atom stereocenters. The minimum Gasteiger partial charge on any atom is -0.469 e. The van der Waals surface area contributed by atoms with Crippen molar-refractivity contribution in [2.75, 3.05) is 18.4 Å². The SMILES string of the molecule is O=C(C[N+]1=C2c3ccccc3OC2C(=O)N(CCc2ccccc2)C1=O)Nc1cc(F)ccc1Cl. The first-order chi connectivity index (χ1) is 16.9. The summed E-state index contributed by atoms with van der Waals surface area (Å²) in [7, 11) is 0. The Morgan fingerprint density at radius 1 is 1.06 bits per heavy atom. The highest BCUT2D eigenvalue weighted by Gasteiger charge is 2.53. The number of nitrogens with zero attached hydrogens (tertiary/aromatic N) is 2. The van der Waals surface area contributed by atoms with Crippen LogP contribution in [0.5, 0.6) is 5.75 Å². The molecule has 0 aliphatic carbocycles. The summed E-state index contributed by atoms with van der Waals surface area (Å²) in [6.45, 7) is -0.288. The number of hydrogen-bond acceptors (Lipinski definition) is 4. The van der Waals surface area contributed by atoms with Crippen LogP contribution in [0.25, 0.3) is 0 Å². The van der Waals surface area contributed by atoms with E-state index in [-0.39, 0.29) is 17.3 Å². The number of carbonyl (C=O) groups excluding carboxylic acids is 3. The Hall–Kier alpha value is -4.04. The molecule has 0 saturated heterocycles. The average molecular weight is 493 g/mol. The highest BCUT2D eigenvalue weighted by Crippen LogP contribution is 2.32. The summed E-state index contributed by atoms with van der Waals surface area (Å²) in [5.74, 6) is -1.19.